The third kappa shape index (κ3) is 3.41. The highest BCUT2D eigenvalue weighted by atomic mass is 35.5. The number of hydrogen-bond donors (Lipinski definition) is 0. The number of carbonyl (C=O) groups is 1. The first-order valence-electron chi connectivity index (χ1n) is 7.66. The van der Waals surface area contributed by atoms with E-state index in [4.69, 9.17) is 20.8 Å². The lowest BCUT2D eigenvalue weighted by molar-refractivity contribution is -0.0230. The van der Waals surface area contributed by atoms with Gasteiger partial charge in [0.2, 0.25) is 0 Å². The zero-order valence-corrected chi connectivity index (χ0v) is 13.9. The van der Waals surface area contributed by atoms with Gasteiger partial charge in [0.1, 0.15) is 11.9 Å². The zero-order chi connectivity index (χ0) is 16.4. The Balaban J connectivity index is 1.76. The first-order chi connectivity index (χ1) is 11.1. The van der Waals surface area contributed by atoms with E-state index in [1.165, 1.54) is 6.39 Å². The number of carbonyl (C=O) groups excluding carboxylic acids is 1. The molecule has 0 radical (unpaired) electrons. The van der Waals surface area contributed by atoms with Crippen LogP contribution >= 0.6 is 11.6 Å². The molecule has 2 aromatic rings. The van der Waals surface area contributed by atoms with Crippen molar-refractivity contribution < 1.29 is 13.9 Å². The Morgan fingerprint density at radius 3 is 2.78 bits per heavy atom. The van der Waals surface area contributed by atoms with Gasteiger partial charge in [-0.1, -0.05) is 37.6 Å². The summed E-state index contributed by atoms with van der Waals surface area (Å²) in [6.45, 7) is 5.49. The van der Waals surface area contributed by atoms with Gasteiger partial charge in [-0.2, -0.15) is 0 Å². The van der Waals surface area contributed by atoms with Gasteiger partial charge in [0.15, 0.2) is 12.1 Å². The summed E-state index contributed by atoms with van der Waals surface area (Å²) in [7, 11) is 0. The van der Waals surface area contributed by atoms with Crippen molar-refractivity contribution in [1.29, 1.82) is 0 Å². The number of ether oxygens (including phenoxy) is 1. The van der Waals surface area contributed by atoms with Crippen molar-refractivity contribution in [2.24, 2.45) is 0 Å². The molecule has 1 aromatic heterocycles. The zero-order valence-electron chi connectivity index (χ0n) is 13.2. The first kappa shape index (κ1) is 16.0. The number of rotatable bonds is 3. The minimum Gasteiger partial charge on any atom is -0.447 e. The predicted octanol–water partition coefficient (Wildman–Crippen LogP) is 3.67. The lowest BCUT2D eigenvalue weighted by Crippen LogP contribution is -2.42. The van der Waals surface area contributed by atoms with E-state index >= 15 is 0 Å². The maximum absolute atomic E-state index is 12.7. The molecule has 0 unspecified atom stereocenters. The number of hydrogen-bond acceptors (Lipinski definition) is 4. The molecule has 1 aromatic carbocycles. The number of oxazole rings is 1. The molecule has 0 bridgehead atoms. The number of benzene rings is 1. The molecule has 6 heteroatoms. The van der Waals surface area contributed by atoms with E-state index in [-0.39, 0.29) is 17.9 Å². The fourth-order valence-corrected chi connectivity index (χ4v) is 2.81. The van der Waals surface area contributed by atoms with Gasteiger partial charge in [0.05, 0.1) is 13.2 Å². The normalized spacial score (nSPS) is 18.4. The van der Waals surface area contributed by atoms with Crippen LogP contribution in [0.5, 0.6) is 0 Å². The molecule has 0 N–H and O–H groups in total. The van der Waals surface area contributed by atoms with Crippen LogP contribution in [-0.4, -0.2) is 35.5 Å². The second-order valence-corrected chi connectivity index (χ2v) is 6.32. The van der Waals surface area contributed by atoms with Crippen LogP contribution in [0.2, 0.25) is 5.02 Å². The third-order valence-corrected chi connectivity index (χ3v) is 4.17. The highest BCUT2D eigenvalue weighted by Gasteiger charge is 2.29. The lowest BCUT2D eigenvalue weighted by Gasteiger charge is -2.33. The van der Waals surface area contributed by atoms with Crippen LogP contribution in [-0.2, 0) is 4.74 Å². The van der Waals surface area contributed by atoms with Crippen molar-refractivity contribution >= 4 is 17.5 Å². The molecule has 1 amide bonds. The number of amides is 1. The number of halogens is 1. The van der Waals surface area contributed by atoms with Crippen LogP contribution in [0.1, 0.15) is 47.7 Å². The molecule has 0 aliphatic carbocycles. The Labute approximate surface area is 140 Å². The van der Waals surface area contributed by atoms with Crippen LogP contribution in [0, 0.1) is 0 Å². The molecule has 23 heavy (non-hydrogen) atoms. The minimum atomic E-state index is -0.153. The molecule has 1 saturated heterocycles. The van der Waals surface area contributed by atoms with Gasteiger partial charge in [-0.15, -0.1) is 0 Å². The van der Waals surface area contributed by atoms with Crippen molar-refractivity contribution in [2.45, 2.75) is 25.9 Å². The lowest BCUT2D eigenvalue weighted by atomic mass is 10.1. The van der Waals surface area contributed by atoms with Crippen molar-refractivity contribution in [1.82, 2.24) is 9.88 Å². The molecular weight excluding hydrogens is 316 g/mol. The van der Waals surface area contributed by atoms with Gasteiger partial charge in [-0.25, -0.2) is 4.98 Å². The highest BCUT2D eigenvalue weighted by molar-refractivity contribution is 6.30. The average Bonchev–Trinajstić information content (AvgIpc) is 3.05. The fraction of sp³-hybridized carbons (Fsp3) is 0.412. The van der Waals surface area contributed by atoms with Crippen molar-refractivity contribution in [3.63, 3.8) is 0 Å². The average molecular weight is 335 g/mol. The molecule has 1 aliphatic rings. The number of nitrogens with zero attached hydrogens (tertiary/aromatic N) is 2. The summed E-state index contributed by atoms with van der Waals surface area (Å²) < 4.78 is 11.2. The molecule has 2 heterocycles. The SMILES string of the molecule is CC(C)c1ocnc1C(=O)N1CCO[C@H](c2ccc(Cl)cc2)C1. The van der Waals surface area contributed by atoms with Crippen LogP contribution in [0.3, 0.4) is 0 Å². The van der Waals surface area contributed by atoms with E-state index in [2.05, 4.69) is 4.98 Å². The van der Waals surface area contributed by atoms with Crippen LogP contribution < -0.4 is 0 Å². The van der Waals surface area contributed by atoms with Gasteiger partial charge in [0, 0.05) is 17.5 Å². The fourth-order valence-electron chi connectivity index (χ4n) is 2.69. The Morgan fingerprint density at radius 1 is 1.35 bits per heavy atom. The van der Waals surface area contributed by atoms with Gasteiger partial charge in [-0.3, -0.25) is 4.79 Å². The van der Waals surface area contributed by atoms with Gasteiger partial charge < -0.3 is 14.1 Å². The van der Waals surface area contributed by atoms with Crippen LogP contribution in [0.4, 0.5) is 0 Å². The summed E-state index contributed by atoms with van der Waals surface area (Å²) in [5.41, 5.74) is 1.41. The van der Waals surface area contributed by atoms with E-state index in [9.17, 15) is 4.79 Å². The standard InChI is InChI=1S/C17H19ClN2O3/c1-11(2)16-15(19-10-23-16)17(21)20-7-8-22-14(9-20)12-3-5-13(18)6-4-12/h3-6,10-11,14H,7-9H2,1-2H3/t14-/m0/s1. The van der Waals surface area contributed by atoms with Gasteiger partial charge >= 0.3 is 0 Å². The summed E-state index contributed by atoms with van der Waals surface area (Å²) in [6.07, 6.45) is 1.18. The van der Waals surface area contributed by atoms with Gasteiger partial charge in [-0.05, 0) is 17.7 Å². The van der Waals surface area contributed by atoms with E-state index in [0.717, 1.165) is 5.56 Å². The molecule has 5 nitrogen and oxygen atoms in total. The topological polar surface area (TPSA) is 55.6 Å². The van der Waals surface area contributed by atoms with E-state index in [0.29, 0.717) is 36.2 Å². The smallest absolute Gasteiger partial charge is 0.276 e. The Morgan fingerprint density at radius 2 is 2.09 bits per heavy atom. The predicted molar refractivity (Wildman–Crippen MR) is 86.6 cm³/mol. The van der Waals surface area contributed by atoms with E-state index in [1.807, 2.05) is 38.1 Å². The molecule has 3 rings (SSSR count). The Kier molecular flexibility index (Phi) is 4.68. The van der Waals surface area contributed by atoms with Crippen LogP contribution in [0.25, 0.3) is 0 Å². The molecule has 1 aliphatic heterocycles. The molecule has 1 atom stereocenters. The molecule has 0 spiro atoms. The quantitative estimate of drug-likeness (QED) is 0.859. The summed E-state index contributed by atoms with van der Waals surface area (Å²) in [5.74, 6) is 0.638. The molecular formula is C17H19ClN2O3. The van der Waals surface area contributed by atoms with Crippen LogP contribution in [0.15, 0.2) is 35.1 Å². The van der Waals surface area contributed by atoms with E-state index in [1.54, 1.807) is 4.90 Å². The third-order valence-electron chi connectivity index (χ3n) is 3.92. The summed E-state index contributed by atoms with van der Waals surface area (Å²) in [6, 6.07) is 7.51. The van der Waals surface area contributed by atoms with Crippen molar-refractivity contribution in [3.8, 4) is 0 Å². The second-order valence-electron chi connectivity index (χ2n) is 5.88. The number of aromatic nitrogens is 1. The summed E-state index contributed by atoms with van der Waals surface area (Å²) in [5, 5.41) is 0.682. The van der Waals surface area contributed by atoms with E-state index < -0.39 is 0 Å². The summed E-state index contributed by atoms with van der Waals surface area (Å²) >= 11 is 5.92. The second kappa shape index (κ2) is 6.72. The Bertz CT molecular complexity index is 681. The Hall–Kier alpha value is -1.85. The maximum Gasteiger partial charge on any atom is 0.276 e. The number of morpholine rings is 1. The summed E-state index contributed by atoms with van der Waals surface area (Å²) in [4.78, 5) is 18.6. The van der Waals surface area contributed by atoms with Crippen molar-refractivity contribution in [2.75, 3.05) is 19.7 Å². The molecule has 1 fully saturated rings. The first-order valence-corrected chi connectivity index (χ1v) is 8.03. The highest BCUT2D eigenvalue weighted by Crippen LogP contribution is 2.26. The minimum absolute atomic E-state index is 0.107. The molecule has 0 saturated carbocycles. The molecule has 122 valence electrons. The largest absolute Gasteiger partial charge is 0.447 e. The maximum atomic E-state index is 12.7. The van der Waals surface area contributed by atoms with Gasteiger partial charge in [0.25, 0.3) is 5.91 Å². The monoisotopic (exact) mass is 334 g/mol. The van der Waals surface area contributed by atoms with Crippen molar-refractivity contribution in [3.05, 3.63) is 52.7 Å².